The van der Waals surface area contributed by atoms with E-state index in [-0.39, 0.29) is 24.1 Å². The molecule has 3 aromatic rings. The predicted molar refractivity (Wildman–Crippen MR) is 121 cm³/mol. The molecule has 0 aliphatic carbocycles. The van der Waals surface area contributed by atoms with Crippen LogP contribution in [0, 0.1) is 0 Å². The number of aromatic nitrogens is 2. The van der Waals surface area contributed by atoms with Gasteiger partial charge in [-0.05, 0) is 42.7 Å². The summed E-state index contributed by atoms with van der Waals surface area (Å²) in [6.07, 6.45) is 2.22. The fraction of sp³-hybridized carbons (Fsp3) is 0.250. The first kappa shape index (κ1) is 22.1. The summed E-state index contributed by atoms with van der Waals surface area (Å²) in [5.74, 6) is -0.617. The highest BCUT2D eigenvalue weighted by Crippen LogP contribution is 2.37. The second-order valence-electron chi connectivity index (χ2n) is 7.66. The van der Waals surface area contributed by atoms with E-state index in [4.69, 9.17) is 14.6 Å². The second-order valence-corrected chi connectivity index (χ2v) is 7.66. The molecule has 1 atom stereocenters. The highest BCUT2D eigenvalue weighted by atomic mass is 16.5. The lowest BCUT2D eigenvalue weighted by Crippen LogP contribution is -2.31. The summed E-state index contributed by atoms with van der Waals surface area (Å²) in [7, 11) is 1.58. The standard InChI is InChI=1S/C24H24N4O5/c1-15-10-17-7-3-4-9-20(17)28(15)24-26-12-19(22(31)25-13-21(29)30)23(27-24)33-14-16-6-5-8-18(11-16)32-2/h3-9,11-12,15H,10,13-14H2,1-2H3,(H,25,31)(H,29,30). The first-order chi connectivity index (χ1) is 16.0. The number of hydrogen-bond donors (Lipinski definition) is 2. The highest BCUT2D eigenvalue weighted by Gasteiger charge is 2.30. The van der Waals surface area contributed by atoms with Gasteiger partial charge in [-0.3, -0.25) is 9.59 Å². The van der Waals surface area contributed by atoms with Gasteiger partial charge < -0.3 is 24.8 Å². The minimum absolute atomic E-state index is 0.0584. The van der Waals surface area contributed by atoms with E-state index in [1.807, 2.05) is 47.4 Å². The van der Waals surface area contributed by atoms with Gasteiger partial charge in [-0.25, -0.2) is 4.98 Å². The fourth-order valence-electron chi connectivity index (χ4n) is 3.77. The Hall–Kier alpha value is -4.14. The molecule has 0 fully saturated rings. The number of nitrogens with one attached hydrogen (secondary N) is 1. The zero-order valence-electron chi connectivity index (χ0n) is 18.3. The fourth-order valence-corrected chi connectivity index (χ4v) is 3.77. The molecule has 0 saturated heterocycles. The lowest BCUT2D eigenvalue weighted by molar-refractivity contribution is -0.135. The Morgan fingerprint density at radius 3 is 2.82 bits per heavy atom. The number of para-hydroxylation sites is 1. The number of fused-ring (bicyclic) bond motifs is 1. The average Bonchev–Trinajstić information content (AvgIpc) is 3.16. The van der Waals surface area contributed by atoms with Crippen molar-refractivity contribution in [3.8, 4) is 11.6 Å². The number of aliphatic carboxylic acids is 1. The van der Waals surface area contributed by atoms with E-state index in [1.165, 1.54) is 11.8 Å². The molecule has 9 heteroatoms. The van der Waals surface area contributed by atoms with Gasteiger partial charge in [0.25, 0.3) is 5.91 Å². The Bertz CT molecular complexity index is 1180. The third-order valence-corrected chi connectivity index (χ3v) is 5.32. The molecule has 1 aliphatic heterocycles. The van der Waals surface area contributed by atoms with E-state index in [1.54, 1.807) is 7.11 Å². The molecule has 4 rings (SSSR count). The molecule has 2 aromatic carbocycles. The summed E-state index contributed by atoms with van der Waals surface area (Å²) in [6.45, 7) is 1.69. The van der Waals surface area contributed by atoms with Crippen molar-refractivity contribution < 1.29 is 24.2 Å². The number of anilines is 2. The van der Waals surface area contributed by atoms with Crippen LogP contribution in [0.5, 0.6) is 11.6 Å². The van der Waals surface area contributed by atoms with Gasteiger partial charge in [0.2, 0.25) is 11.8 Å². The number of ether oxygens (including phenoxy) is 2. The van der Waals surface area contributed by atoms with Crippen molar-refractivity contribution in [1.82, 2.24) is 15.3 Å². The van der Waals surface area contributed by atoms with Crippen molar-refractivity contribution in [1.29, 1.82) is 0 Å². The predicted octanol–water partition coefficient (Wildman–Crippen LogP) is 2.96. The zero-order chi connectivity index (χ0) is 23.4. The van der Waals surface area contributed by atoms with E-state index in [0.717, 1.165) is 17.7 Å². The summed E-state index contributed by atoms with van der Waals surface area (Å²) in [5, 5.41) is 11.2. The molecule has 1 unspecified atom stereocenters. The number of carbonyl (C=O) groups is 2. The van der Waals surface area contributed by atoms with Gasteiger partial charge in [0.15, 0.2) is 0 Å². The first-order valence-corrected chi connectivity index (χ1v) is 10.5. The quantitative estimate of drug-likeness (QED) is 0.541. The van der Waals surface area contributed by atoms with Crippen molar-refractivity contribution in [3.05, 3.63) is 71.4 Å². The molecule has 1 aromatic heterocycles. The highest BCUT2D eigenvalue weighted by molar-refractivity contribution is 5.97. The number of hydrogen-bond acceptors (Lipinski definition) is 7. The maximum Gasteiger partial charge on any atom is 0.322 e. The molecule has 9 nitrogen and oxygen atoms in total. The van der Waals surface area contributed by atoms with Crippen LogP contribution in [0.1, 0.15) is 28.4 Å². The van der Waals surface area contributed by atoms with Crippen molar-refractivity contribution in [2.45, 2.75) is 26.0 Å². The van der Waals surface area contributed by atoms with Gasteiger partial charge in [-0.15, -0.1) is 0 Å². The number of carboxylic acid groups (broad SMARTS) is 1. The maximum absolute atomic E-state index is 12.6. The van der Waals surface area contributed by atoms with Crippen LogP contribution in [0.3, 0.4) is 0 Å². The molecular weight excluding hydrogens is 424 g/mol. The number of carbonyl (C=O) groups excluding carboxylic acids is 1. The molecule has 0 radical (unpaired) electrons. The van der Waals surface area contributed by atoms with Crippen LogP contribution >= 0.6 is 0 Å². The van der Waals surface area contributed by atoms with Gasteiger partial charge in [-0.2, -0.15) is 4.98 Å². The molecule has 0 saturated carbocycles. The molecule has 0 spiro atoms. The smallest absolute Gasteiger partial charge is 0.322 e. The minimum Gasteiger partial charge on any atom is -0.497 e. The second kappa shape index (κ2) is 9.56. The minimum atomic E-state index is -1.15. The van der Waals surface area contributed by atoms with Crippen LogP contribution in [0.25, 0.3) is 0 Å². The summed E-state index contributed by atoms with van der Waals surface area (Å²) in [6, 6.07) is 15.5. The van der Waals surface area contributed by atoms with Gasteiger partial charge in [0.05, 0.1) is 7.11 Å². The molecule has 2 N–H and O–H groups in total. The Balaban J connectivity index is 1.66. The lowest BCUT2D eigenvalue weighted by atomic mass is 10.1. The van der Waals surface area contributed by atoms with Crippen LogP contribution in [0.4, 0.5) is 11.6 Å². The third kappa shape index (κ3) is 4.87. The summed E-state index contributed by atoms with van der Waals surface area (Å²) < 4.78 is 11.2. The molecule has 33 heavy (non-hydrogen) atoms. The molecule has 0 bridgehead atoms. The van der Waals surface area contributed by atoms with E-state index in [0.29, 0.717) is 11.7 Å². The number of nitrogens with zero attached hydrogens (tertiary/aromatic N) is 3. The first-order valence-electron chi connectivity index (χ1n) is 10.5. The Labute approximate surface area is 191 Å². The van der Waals surface area contributed by atoms with Gasteiger partial charge in [0, 0.05) is 17.9 Å². The summed E-state index contributed by atoms with van der Waals surface area (Å²) >= 11 is 0. The number of carboxylic acids is 1. The maximum atomic E-state index is 12.6. The van der Waals surface area contributed by atoms with Crippen LogP contribution in [0.2, 0.25) is 0 Å². The molecule has 2 heterocycles. The molecule has 1 amide bonds. The van der Waals surface area contributed by atoms with Crippen LogP contribution in [-0.4, -0.2) is 46.6 Å². The molecule has 1 aliphatic rings. The van der Waals surface area contributed by atoms with Crippen LogP contribution in [-0.2, 0) is 17.8 Å². The SMILES string of the molecule is COc1cccc(COc2nc(N3c4ccccc4CC3C)ncc2C(=O)NCC(=O)O)c1. The number of benzene rings is 2. The van der Waals surface area contributed by atoms with Crippen molar-refractivity contribution in [2.24, 2.45) is 0 Å². The average molecular weight is 448 g/mol. The lowest BCUT2D eigenvalue weighted by Gasteiger charge is -2.23. The third-order valence-electron chi connectivity index (χ3n) is 5.32. The van der Waals surface area contributed by atoms with Gasteiger partial charge in [0.1, 0.15) is 24.5 Å². The van der Waals surface area contributed by atoms with Gasteiger partial charge in [-0.1, -0.05) is 30.3 Å². The van der Waals surface area contributed by atoms with Crippen molar-refractivity contribution in [3.63, 3.8) is 0 Å². The Kier molecular flexibility index (Phi) is 6.39. The Morgan fingerprint density at radius 1 is 1.21 bits per heavy atom. The monoisotopic (exact) mass is 448 g/mol. The summed E-state index contributed by atoms with van der Waals surface area (Å²) in [4.78, 5) is 34.5. The number of rotatable bonds is 8. The van der Waals surface area contributed by atoms with Crippen LogP contribution < -0.4 is 19.7 Å². The topological polar surface area (TPSA) is 114 Å². The van der Waals surface area contributed by atoms with E-state index >= 15 is 0 Å². The zero-order valence-corrected chi connectivity index (χ0v) is 18.3. The van der Waals surface area contributed by atoms with E-state index < -0.39 is 18.4 Å². The van der Waals surface area contributed by atoms with E-state index in [9.17, 15) is 9.59 Å². The number of amides is 1. The van der Waals surface area contributed by atoms with Crippen LogP contribution in [0.15, 0.2) is 54.7 Å². The van der Waals surface area contributed by atoms with Crippen molar-refractivity contribution >= 4 is 23.5 Å². The Morgan fingerprint density at radius 2 is 2.03 bits per heavy atom. The van der Waals surface area contributed by atoms with Crippen molar-refractivity contribution in [2.75, 3.05) is 18.6 Å². The largest absolute Gasteiger partial charge is 0.497 e. The molecule has 170 valence electrons. The summed E-state index contributed by atoms with van der Waals surface area (Å²) in [5.41, 5.74) is 3.08. The normalized spacial score (nSPS) is 14.5. The van der Waals surface area contributed by atoms with E-state index in [2.05, 4.69) is 28.3 Å². The molecular formula is C24H24N4O5. The number of methoxy groups -OCH3 is 1. The van der Waals surface area contributed by atoms with Gasteiger partial charge >= 0.3 is 5.97 Å².